The molecule has 3 aliphatic carbocycles. The van der Waals surface area contributed by atoms with E-state index < -0.39 is 0 Å². The largest absolute Gasteiger partial charge is 0.381 e. The Balaban J connectivity index is 1.22. The van der Waals surface area contributed by atoms with Crippen LogP contribution in [0, 0.1) is 23.7 Å². The van der Waals surface area contributed by atoms with Crippen LogP contribution in [0.5, 0.6) is 0 Å². The second kappa shape index (κ2) is 6.41. The lowest BCUT2D eigenvalue weighted by molar-refractivity contribution is 0.0948. The molecule has 0 aliphatic heterocycles. The van der Waals surface area contributed by atoms with Crippen molar-refractivity contribution < 1.29 is 4.74 Å². The molecule has 18 heavy (non-hydrogen) atoms. The van der Waals surface area contributed by atoms with Crippen LogP contribution in [0.25, 0.3) is 0 Å². The fraction of sp³-hybridized carbons (Fsp3) is 1.00. The molecule has 104 valence electrons. The van der Waals surface area contributed by atoms with Gasteiger partial charge in [-0.2, -0.15) is 0 Å². The summed E-state index contributed by atoms with van der Waals surface area (Å²) in [5.41, 5.74) is 0. The van der Waals surface area contributed by atoms with E-state index in [1.807, 2.05) is 0 Å². The zero-order valence-corrected chi connectivity index (χ0v) is 11.9. The lowest BCUT2D eigenvalue weighted by Crippen LogP contribution is -2.14. The monoisotopic (exact) mass is 250 g/mol. The summed E-state index contributed by atoms with van der Waals surface area (Å²) in [4.78, 5) is 0. The number of hydrogen-bond acceptors (Lipinski definition) is 1. The Morgan fingerprint density at radius 3 is 2.33 bits per heavy atom. The molecule has 0 saturated heterocycles. The molecule has 3 unspecified atom stereocenters. The number of hydrogen-bond donors (Lipinski definition) is 0. The molecule has 1 nitrogen and oxygen atoms in total. The van der Waals surface area contributed by atoms with E-state index in [2.05, 4.69) is 0 Å². The van der Waals surface area contributed by atoms with Gasteiger partial charge in [0.05, 0.1) is 0 Å². The summed E-state index contributed by atoms with van der Waals surface area (Å²) in [7, 11) is 0. The van der Waals surface area contributed by atoms with Crippen molar-refractivity contribution in [3.63, 3.8) is 0 Å². The molecule has 3 aliphatic rings. The summed E-state index contributed by atoms with van der Waals surface area (Å²) in [6, 6.07) is 0. The Morgan fingerprint density at radius 1 is 0.778 bits per heavy atom. The third kappa shape index (κ3) is 3.29. The number of ether oxygens (including phenoxy) is 1. The highest BCUT2D eigenvalue weighted by Gasteiger charge is 2.38. The van der Waals surface area contributed by atoms with Gasteiger partial charge < -0.3 is 4.74 Å². The van der Waals surface area contributed by atoms with Crippen molar-refractivity contribution in [1.82, 2.24) is 0 Å². The zero-order valence-electron chi connectivity index (χ0n) is 11.9. The van der Waals surface area contributed by atoms with E-state index in [0.717, 1.165) is 36.9 Å². The molecule has 3 rings (SSSR count). The molecule has 0 N–H and O–H groups in total. The first-order valence-electron chi connectivity index (χ1n) is 8.49. The van der Waals surface area contributed by atoms with Crippen molar-refractivity contribution in [1.29, 1.82) is 0 Å². The summed E-state index contributed by atoms with van der Waals surface area (Å²) >= 11 is 0. The van der Waals surface area contributed by atoms with Crippen molar-refractivity contribution in [2.75, 3.05) is 13.2 Å². The molecule has 3 atom stereocenters. The molecule has 0 radical (unpaired) electrons. The molecule has 0 aromatic rings. The Morgan fingerprint density at radius 2 is 1.61 bits per heavy atom. The highest BCUT2D eigenvalue weighted by Crippen LogP contribution is 2.49. The molecule has 0 spiro atoms. The Hall–Kier alpha value is -0.0400. The third-order valence-corrected chi connectivity index (χ3v) is 5.91. The maximum absolute atomic E-state index is 5.91. The summed E-state index contributed by atoms with van der Waals surface area (Å²) < 4.78 is 5.91. The summed E-state index contributed by atoms with van der Waals surface area (Å²) in [6.45, 7) is 2.08. The third-order valence-electron chi connectivity index (χ3n) is 5.91. The lowest BCUT2D eigenvalue weighted by Gasteiger charge is -2.23. The van der Waals surface area contributed by atoms with E-state index in [1.54, 1.807) is 6.42 Å². The first-order chi connectivity index (χ1) is 8.92. The van der Waals surface area contributed by atoms with Gasteiger partial charge in [0.15, 0.2) is 0 Å². The van der Waals surface area contributed by atoms with Crippen LogP contribution >= 0.6 is 0 Å². The van der Waals surface area contributed by atoms with Gasteiger partial charge >= 0.3 is 0 Å². The number of rotatable bonds is 6. The summed E-state index contributed by atoms with van der Waals surface area (Å²) in [5, 5.41) is 0. The standard InChI is InChI=1S/C17H30O/c1-2-4-14(5-3-1)8-10-18-11-9-17-13-15-6-7-16(17)12-15/h14-17H,1-13H2. The second-order valence-electron chi connectivity index (χ2n) is 7.13. The Labute approximate surface area is 113 Å². The van der Waals surface area contributed by atoms with Crippen LogP contribution in [-0.4, -0.2) is 13.2 Å². The van der Waals surface area contributed by atoms with Gasteiger partial charge in [0.25, 0.3) is 0 Å². The second-order valence-corrected chi connectivity index (χ2v) is 7.13. The van der Waals surface area contributed by atoms with E-state index in [-0.39, 0.29) is 0 Å². The van der Waals surface area contributed by atoms with E-state index >= 15 is 0 Å². The predicted octanol–water partition coefficient (Wildman–Crippen LogP) is 4.80. The predicted molar refractivity (Wildman–Crippen MR) is 75.6 cm³/mol. The molecular weight excluding hydrogens is 220 g/mol. The minimum atomic E-state index is 0.987. The van der Waals surface area contributed by atoms with Gasteiger partial charge in [0.1, 0.15) is 0 Å². The fourth-order valence-corrected chi connectivity index (χ4v) is 4.79. The summed E-state index contributed by atoms with van der Waals surface area (Å²) in [6.07, 6.45) is 16.2. The minimum absolute atomic E-state index is 0.987. The van der Waals surface area contributed by atoms with Crippen molar-refractivity contribution in [3.05, 3.63) is 0 Å². The first kappa shape index (κ1) is 13.0. The minimum Gasteiger partial charge on any atom is -0.381 e. The zero-order chi connectivity index (χ0) is 12.2. The van der Waals surface area contributed by atoms with Crippen LogP contribution in [0.15, 0.2) is 0 Å². The van der Waals surface area contributed by atoms with E-state index in [1.165, 1.54) is 64.2 Å². The van der Waals surface area contributed by atoms with Gasteiger partial charge in [-0.3, -0.25) is 0 Å². The molecular formula is C17H30O. The smallest absolute Gasteiger partial charge is 0.0468 e. The average molecular weight is 250 g/mol. The van der Waals surface area contributed by atoms with Crippen molar-refractivity contribution >= 4 is 0 Å². The molecule has 3 fully saturated rings. The van der Waals surface area contributed by atoms with Gasteiger partial charge in [0, 0.05) is 13.2 Å². The van der Waals surface area contributed by atoms with E-state index in [0.29, 0.717) is 0 Å². The molecule has 0 aromatic carbocycles. The topological polar surface area (TPSA) is 9.23 Å². The normalized spacial score (nSPS) is 36.3. The van der Waals surface area contributed by atoms with E-state index in [4.69, 9.17) is 4.74 Å². The fourth-order valence-electron chi connectivity index (χ4n) is 4.79. The highest BCUT2D eigenvalue weighted by molar-refractivity contribution is 4.89. The highest BCUT2D eigenvalue weighted by atomic mass is 16.5. The van der Waals surface area contributed by atoms with Crippen LogP contribution in [-0.2, 0) is 4.74 Å². The molecule has 0 amide bonds. The van der Waals surface area contributed by atoms with Crippen LogP contribution in [0.2, 0.25) is 0 Å². The lowest BCUT2D eigenvalue weighted by atomic mass is 9.86. The van der Waals surface area contributed by atoms with Crippen molar-refractivity contribution in [2.45, 2.75) is 70.6 Å². The molecule has 1 heteroatoms. The first-order valence-corrected chi connectivity index (χ1v) is 8.49. The Bertz CT molecular complexity index is 244. The summed E-state index contributed by atoms with van der Waals surface area (Å²) in [5.74, 6) is 4.19. The molecule has 0 heterocycles. The van der Waals surface area contributed by atoms with Crippen LogP contribution in [0.4, 0.5) is 0 Å². The van der Waals surface area contributed by atoms with Gasteiger partial charge in [-0.05, 0) is 55.8 Å². The van der Waals surface area contributed by atoms with Gasteiger partial charge in [0.2, 0.25) is 0 Å². The van der Waals surface area contributed by atoms with Crippen molar-refractivity contribution in [2.24, 2.45) is 23.7 Å². The molecule has 3 saturated carbocycles. The van der Waals surface area contributed by atoms with Crippen LogP contribution < -0.4 is 0 Å². The van der Waals surface area contributed by atoms with Gasteiger partial charge in [-0.25, -0.2) is 0 Å². The molecule has 0 aromatic heterocycles. The SMILES string of the molecule is C1CCC(CCOCCC2CC3CCC2C3)CC1. The van der Waals surface area contributed by atoms with Crippen LogP contribution in [0.1, 0.15) is 70.6 Å². The van der Waals surface area contributed by atoms with Crippen molar-refractivity contribution in [3.8, 4) is 0 Å². The van der Waals surface area contributed by atoms with E-state index in [9.17, 15) is 0 Å². The van der Waals surface area contributed by atoms with Gasteiger partial charge in [-0.15, -0.1) is 0 Å². The molecule has 2 bridgehead atoms. The Kier molecular flexibility index (Phi) is 4.62. The maximum atomic E-state index is 5.91. The number of fused-ring (bicyclic) bond motifs is 2. The average Bonchev–Trinajstić information content (AvgIpc) is 3.02. The van der Waals surface area contributed by atoms with Gasteiger partial charge in [-0.1, -0.05) is 38.5 Å². The van der Waals surface area contributed by atoms with Crippen LogP contribution in [0.3, 0.4) is 0 Å². The quantitative estimate of drug-likeness (QED) is 0.615. The maximum Gasteiger partial charge on any atom is 0.0468 e.